The number of nitrogens with zero attached hydrogens (tertiary/aromatic N) is 1. The van der Waals surface area contributed by atoms with Gasteiger partial charge in [0.25, 0.3) is 11.6 Å². The summed E-state index contributed by atoms with van der Waals surface area (Å²) in [6.45, 7) is 0. The average Bonchev–Trinajstić information content (AvgIpc) is 2.42. The van der Waals surface area contributed by atoms with Gasteiger partial charge in [0.2, 0.25) is 0 Å². The van der Waals surface area contributed by atoms with E-state index in [-0.39, 0.29) is 11.3 Å². The van der Waals surface area contributed by atoms with Crippen LogP contribution < -0.4 is 5.32 Å². The number of para-hydroxylation sites is 1. The number of carbonyl (C=O) groups excluding carboxylic acids is 1. The topological polar surface area (TPSA) is 72.2 Å². The lowest BCUT2D eigenvalue weighted by Crippen LogP contribution is -2.14. The Morgan fingerprint density at radius 3 is 2.55 bits per heavy atom. The van der Waals surface area contributed by atoms with Gasteiger partial charge in [-0.25, -0.2) is 0 Å². The molecule has 2 rings (SSSR count). The minimum absolute atomic E-state index is 0.0179. The predicted octanol–water partition coefficient (Wildman–Crippen LogP) is 4.37. The van der Waals surface area contributed by atoms with Crippen molar-refractivity contribution < 1.29 is 9.72 Å². The molecule has 0 saturated heterocycles. The maximum absolute atomic E-state index is 12.2. The fourth-order valence-corrected chi connectivity index (χ4v) is 2.31. The van der Waals surface area contributed by atoms with Crippen molar-refractivity contribution in [3.8, 4) is 0 Å². The van der Waals surface area contributed by atoms with Crippen LogP contribution in [-0.4, -0.2) is 10.8 Å². The molecule has 0 saturated carbocycles. The van der Waals surface area contributed by atoms with Crippen LogP contribution in [0.4, 0.5) is 11.4 Å². The first-order chi connectivity index (χ1) is 9.49. The highest BCUT2D eigenvalue weighted by Crippen LogP contribution is 2.27. The highest BCUT2D eigenvalue weighted by Gasteiger charge is 2.19. The molecule has 0 atom stereocenters. The Bertz CT molecular complexity index is 689. The summed E-state index contributed by atoms with van der Waals surface area (Å²) >= 11 is 6.61. The standard InChI is InChI=1S/C13H8Br2N2O3/c14-8-5-6-10(15)11(7-8)16-13(18)9-3-1-2-4-12(9)17(19)20/h1-7H,(H,16,18). The summed E-state index contributed by atoms with van der Waals surface area (Å²) in [5.41, 5.74) is 0.322. The third-order valence-electron chi connectivity index (χ3n) is 2.52. The van der Waals surface area contributed by atoms with E-state index in [4.69, 9.17) is 0 Å². The Morgan fingerprint density at radius 2 is 1.85 bits per heavy atom. The number of benzene rings is 2. The Balaban J connectivity index is 2.33. The lowest BCUT2D eigenvalue weighted by Gasteiger charge is -2.08. The van der Waals surface area contributed by atoms with Gasteiger partial charge in [0.05, 0.1) is 10.6 Å². The summed E-state index contributed by atoms with van der Waals surface area (Å²) in [6, 6.07) is 11.1. The number of halogens is 2. The molecule has 0 heterocycles. The number of rotatable bonds is 3. The Kier molecular flexibility index (Phi) is 4.51. The van der Waals surface area contributed by atoms with E-state index in [0.717, 1.165) is 4.47 Å². The second-order valence-corrected chi connectivity index (χ2v) is 5.62. The van der Waals surface area contributed by atoms with E-state index in [1.807, 2.05) is 6.07 Å². The van der Waals surface area contributed by atoms with Crippen molar-refractivity contribution in [1.82, 2.24) is 0 Å². The molecule has 1 amide bonds. The van der Waals surface area contributed by atoms with E-state index in [0.29, 0.717) is 10.2 Å². The van der Waals surface area contributed by atoms with E-state index >= 15 is 0 Å². The third kappa shape index (κ3) is 3.23. The highest BCUT2D eigenvalue weighted by atomic mass is 79.9. The molecule has 20 heavy (non-hydrogen) atoms. The van der Waals surface area contributed by atoms with Crippen molar-refractivity contribution in [3.05, 3.63) is 67.1 Å². The van der Waals surface area contributed by atoms with Crippen LogP contribution in [0.15, 0.2) is 51.4 Å². The molecule has 7 heteroatoms. The smallest absolute Gasteiger partial charge is 0.282 e. The van der Waals surface area contributed by atoms with Crippen LogP contribution in [0.3, 0.4) is 0 Å². The monoisotopic (exact) mass is 398 g/mol. The molecular weight excluding hydrogens is 392 g/mol. The van der Waals surface area contributed by atoms with Gasteiger partial charge in [-0.3, -0.25) is 14.9 Å². The first kappa shape index (κ1) is 14.7. The summed E-state index contributed by atoms with van der Waals surface area (Å²) in [6.07, 6.45) is 0. The molecule has 5 nitrogen and oxygen atoms in total. The molecule has 0 aromatic heterocycles. The van der Waals surface area contributed by atoms with Crippen LogP contribution in [0.1, 0.15) is 10.4 Å². The quantitative estimate of drug-likeness (QED) is 0.615. The van der Waals surface area contributed by atoms with Crippen molar-refractivity contribution in [2.75, 3.05) is 5.32 Å². The van der Waals surface area contributed by atoms with Gasteiger partial charge < -0.3 is 5.32 Å². The Labute approximate surface area is 131 Å². The van der Waals surface area contributed by atoms with Crippen LogP contribution in [0.2, 0.25) is 0 Å². The minimum atomic E-state index is -0.579. The summed E-state index contributed by atoms with van der Waals surface area (Å²) < 4.78 is 1.48. The summed E-state index contributed by atoms with van der Waals surface area (Å²) in [4.78, 5) is 22.5. The number of hydrogen-bond acceptors (Lipinski definition) is 3. The van der Waals surface area contributed by atoms with Crippen molar-refractivity contribution in [2.45, 2.75) is 0 Å². The number of hydrogen-bond donors (Lipinski definition) is 1. The van der Waals surface area contributed by atoms with Crippen molar-refractivity contribution >= 4 is 49.1 Å². The van der Waals surface area contributed by atoms with Crippen molar-refractivity contribution in [1.29, 1.82) is 0 Å². The van der Waals surface area contributed by atoms with E-state index in [1.165, 1.54) is 18.2 Å². The molecule has 0 aliphatic carbocycles. The van der Waals surface area contributed by atoms with Crippen molar-refractivity contribution in [3.63, 3.8) is 0 Å². The third-order valence-corrected chi connectivity index (χ3v) is 3.71. The molecule has 0 unspecified atom stereocenters. The van der Waals surface area contributed by atoms with Gasteiger partial charge in [-0.1, -0.05) is 28.1 Å². The Morgan fingerprint density at radius 1 is 1.15 bits per heavy atom. The fraction of sp³-hybridized carbons (Fsp3) is 0. The van der Waals surface area contributed by atoms with Gasteiger partial charge in [0, 0.05) is 15.0 Å². The number of nitro groups is 1. The zero-order valence-corrected chi connectivity index (χ0v) is 13.1. The number of anilines is 1. The van der Waals surface area contributed by atoms with Crippen LogP contribution >= 0.6 is 31.9 Å². The van der Waals surface area contributed by atoms with Gasteiger partial charge in [-0.2, -0.15) is 0 Å². The molecule has 0 aliphatic rings. The molecular formula is C13H8Br2N2O3. The molecule has 1 N–H and O–H groups in total. The van der Waals surface area contributed by atoms with Gasteiger partial charge >= 0.3 is 0 Å². The van der Waals surface area contributed by atoms with Gasteiger partial charge in [-0.05, 0) is 40.2 Å². The van der Waals surface area contributed by atoms with E-state index in [9.17, 15) is 14.9 Å². The summed E-state index contributed by atoms with van der Waals surface area (Å²) in [7, 11) is 0. The second kappa shape index (κ2) is 6.15. The van der Waals surface area contributed by atoms with Gasteiger partial charge in [0.15, 0.2) is 0 Å². The van der Waals surface area contributed by atoms with Crippen LogP contribution in [0.25, 0.3) is 0 Å². The van der Waals surface area contributed by atoms with Gasteiger partial charge in [-0.15, -0.1) is 0 Å². The number of nitrogens with one attached hydrogen (secondary N) is 1. The molecule has 0 aliphatic heterocycles. The van der Waals surface area contributed by atoms with Crippen LogP contribution in [0, 0.1) is 10.1 Å². The largest absolute Gasteiger partial charge is 0.321 e. The minimum Gasteiger partial charge on any atom is -0.321 e. The van der Waals surface area contributed by atoms with Gasteiger partial charge in [0.1, 0.15) is 5.56 Å². The summed E-state index contributed by atoms with van der Waals surface area (Å²) in [5, 5.41) is 13.6. The van der Waals surface area contributed by atoms with E-state index in [1.54, 1.807) is 18.2 Å². The number of carbonyl (C=O) groups is 1. The number of amides is 1. The van der Waals surface area contributed by atoms with Crippen LogP contribution in [-0.2, 0) is 0 Å². The predicted molar refractivity (Wildman–Crippen MR) is 82.9 cm³/mol. The SMILES string of the molecule is O=C(Nc1cc(Br)ccc1Br)c1ccccc1[N+](=O)[O-]. The maximum Gasteiger partial charge on any atom is 0.282 e. The van der Waals surface area contributed by atoms with E-state index < -0.39 is 10.8 Å². The molecule has 0 fully saturated rings. The normalized spacial score (nSPS) is 10.1. The lowest BCUT2D eigenvalue weighted by atomic mass is 10.1. The molecule has 0 bridgehead atoms. The maximum atomic E-state index is 12.2. The number of nitro benzene ring substituents is 1. The Hall–Kier alpha value is -1.73. The lowest BCUT2D eigenvalue weighted by molar-refractivity contribution is -0.385. The average molecular weight is 400 g/mol. The first-order valence-corrected chi connectivity index (χ1v) is 7.07. The molecule has 0 spiro atoms. The van der Waals surface area contributed by atoms with E-state index in [2.05, 4.69) is 37.2 Å². The van der Waals surface area contributed by atoms with Crippen molar-refractivity contribution in [2.24, 2.45) is 0 Å². The molecule has 0 radical (unpaired) electrons. The molecule has 102 valence electrons. The zero-order chi connectivity index (χ0) is 14.7. The summed E-state index contributed by atoms with van der Waals surface area (Å²) in [5.74, 6) is -0.531. The highest BCUT2D eigenvalue weighted by molar-refractivity contribution is 9.11. The first-order valence-electron chi connectivity index (χ1n) is 5.49. The van der Waals surface area contributed by atoms with Crippen LogP contribution in [0.5, 0.6) is 0 Å². The second-order valence-electron chi connectivity index (χ2n) is 3.85. The molecule has 2 aromatic rings. The molecule has 2 aromatic carbocycles. The zero-order valence-electron chi connectivity index (χ0n) is 9.97. The fourth-order valence-electron chi connectivity index (χ4n) is 1.61.